The smallest absolute Gasteiger partial charge is 0.0890 e. The molecule has 0 fully saturated rings. The Bertz CT molecular complexity index is 321. The molecule has 0 spiro atoms. The zero-order chi connectivity index (χ0) is 10.4. The number of benzene rings is 1. The van der Waals surface area contributed by atoms with Crippen LogP contribution in [0.4, 0.5) is 0 Å². The molecule has 0 aliphatic carbocycles. The first-order chi connectivity index (χ1) is 6.90. The van der Waals surface area contributed by atoms with E-state index in [9.17, 15) is 0 Å². The number of hydrogen-bond donors (Lipinski definition) is 0. The zero-order valence-corrected chi connectivity index (χ0v) is 10.4. The van der Waals surface area contributed by atoms with Gasteiger partial charge in [-0.25, -0.2) is 0 Å². The van der Waals surface area contributed by atoms with Crippen LogP contribution in [0.1, 0.15) is 19.4 Å². The molecule has 1 aromatic carbocycles. The monoisotopic (exact) mass is 225 g/mol. The number of nitrogens with zero attached hydrogens (tertiary/aromatic N) is 1. The van der Waals surface area contributed by atoms with E-state index in [-0.39, 0.29) is 0 Å². The highest BCUT2D eigenvalue weighted by Gasteiger charge is 2.05. The van der Waals surface area contributed by atoms with Crippen molar-refractivity contribution in [3.05, 3.63) is 23.8 Å². The van der Waals surface area contributed by atoms with Gasteiger partial charge in [0, 0.05) is 21.6 Å². The van der Waals surface area contributed by atoms with E-state index >= 15 is 0 Å². The third-order valence-corrected chi connectivity index (χ3v) is 3.43. The molecule has 1 aliphatic rings. The van der Waals surface area contributed by atoms with Gasteiger partial charge in [0.2, 0.25) is 0 Å². The van der Waals surface area contributed by atoms with Crippen LogP contribution in [0.15, 0.2) is 33.0 Å². The molecule has 14 heavy (non-hydrogen) atoms. The molecule has 1 heterocycles. The summed E-state index contributed by atoms with van der Waals surface area (Å²) in [5.41, 5.74) is 1.26. The summed E-state index contributed by atoms with van der Waals surface area (Å²) in [6.07, 6.45) is 4.06. The van der Waals surface area contributed by atoms with Crippen LogP contribution in [0.25, 0.3) is 0 Å². The summed E-state index contributed by atoms with van der Waals surface area (Å²) < 4.78 is 0. The molecule has 3 heteroatoms. The molecule has 0 saturated carbocycles. The van der Waals surface area contributed by atoms with Gasteiger partial charge in [0.05, 0.1) is 5.88 Å². The van der Waals surface area contributed by atoms with Crippen molar-refractivity contribution >= 4 is 29.7 Å². The lowest BCUT2D eigenvalue weighted by Crippen LogP contribution is -1.93. The van der Waals surface area contributed by atoms with Crippen LogP contribution in [-0.2, 0) is 0 Å². The molecule has 1 nitrogen and oxygen atoms in total. The summed E-state index contributed by atoms with van der Waals surface area (Å²) in [4.78, 5) is 6.88. The molecule has 0 unspecified atom stereocenters. The van der Waals surface area contributed by atoms with E-state index in [1.54, 1.807) is 23.5 Å². The largest absolute Gasteiger partial charge is 0.281 e. The normalized spacial score (nSPS) is 12.8. The van der Waals surface area contributed by atoms with Gasteiger partial charge in [0.25, 0.3) is 0 Å². The van der Waals surface area contributed by atoms with Gasteiger partial charge in [-0.1, -0.05) is 13.8 Å². The van der Waals surface area contributed by atoms with Crippen molar-refractivity contribution in [2.24, 2.45) is 4.99 Å². The van der Waals surface area contributed by atoms with Gasteiger partial charge < -0.3 is 0 Å². The van der Waals surface area contributed by atoms with Crippen LogP contribution in [0.3, 0.4) is 0 Å². The molecular formula is C11H15NS2. The van der Waals surface area contributed by atoms with E-state index in [0.29, 0.717) is 0 Å². The summed E-state index contributed by atoms with van der Waals surface area (Å²) >= 11 is 3.57. The van der Waals surface area contributed by atoms with Gasteiger partial charge in [-0.2, -0.15) is 0 Å². The second-order valence-corrected chi connectivity index (χ2v) is 4.36. The number of hydrogen-bond acceptors (Lipinski definition) is 3. The first-order valence-electron chi connectivity index (χ1n) is 4.71. The van der Waals surface area contributed by atoms with Gasteiger partial charge >= 0.3 is 0 Å². The second kappa shape index (κ2) is 6.14. The zero-order valence-electron chi connectivity index (χ0n) is 8.78. The van der Waals surface area contributed by atoms with Crippen LogP contribution < -0.4 is 0 Å². The van der Waals surface area contributed by atoms with E-state index < -0.39 is 0 Å². The first kappa shape index (κ1) is 11.7. The topological polar surface area (TPSA) is 12.4 Å². The Morgan fingerprint density at radius 2 is 2.14 bits per heavy atom. The van der Waals surface area contributed by atoms with E-state index in [2.05, 4.69) is 29.4 Å². The van der Waals surface area contributed by atoms with E-state index in [1.165, 1.54) is 15.4 Å². The average molecular weight is 225 g/mol. The van der Waals surface area contributed by atoms with Gasteiger partial charge in [-0.3, -0.25) is 4.99 Å². The predicted octanol–water partition coefficient (Wildman–Crippen LogP) is 3.92. The molecule has 0 amide bonds. The number of thioether (sulfide) groups is 2. The lowest BCUT2D eigenvalue weighted by Gasteiger charge is -2.09. The Hall–Kier alpha value is -0.410. The molecule has 0 N–H and O–H groups in total. The second-order valence-electron chi connectivity index (χ2n) is 2.49. The SMILES string of the molecule is CC.CSc1ccc2c(c1)C=NCS2. The molecule has 0 atom stereocenters. The minimum absolute atomic E-state index is 0.867. The Labute approximate surface area is 94.4 Å². The van der Waals surface area contributed by atoms with Crippen molar-refractivity contribution in [3.8, 4) is 0 Å². The fourth-order valence-electron chi connectivity index (χ4n) is 1.13. The number of aliphatic imine (C=N–C) groups is 1. The van der Waals surface area contributed by atoms with E-state index in [4.69, 9.17) is 0 Å². The van der Waals surface area contributed by atoms with Crippen molar-refractivity contribution in [1.82, 2.24) is 0 Å². The standard InChI is InChI=1S/C9H9NS2.C2H6/c1-11-8-2-3-9-7(4-8)5-10-6-12-9;1-2/h2-5H,6H2,1H3;1-2H3. The lowest BCUT2D eigenvalue weighted by molar-refractivity contribution is 1.27. The molecular weight excluding hydrogens is 210 g/mol. The molecule has 0 aromatic heterocycles. The third kappa shape index (κ3) is 2.79. The Morgan fingerprint density at radius 1 is 1.36 bits per heavy atom. The number of rotatable bonds is 1. The van der Waals surface area contributed by atoms with Crippen molar-refractivity contribution in [2.45, 2.75) is 23.6 Å². The minimum Gasteiger partial charge on any atom is -0.281 e. The fourth-order valence-corrected chi connectivity index (χ4v) is 2.31. The summed E-state index contributed by atoms with van der Waals surface area (Å²) in [5, 5.41) is 0. The predicted molar refractivity (Wildman–Crippen MR) is 67.9 cm³/mol. The average Bonchev–Trinajstić information content (AvgIpc) is 2.31. The van der Waals surface area contributed by atoms with Gasteiger partial charge in [-0.15, -0.1) is 23.5 Å². The summed E-state index contributed by atoms with van der Waals surface area (Å²) in [6.45, 7) is 4.00. The van der Waals surface area contributed by atoms with Gasteiger partial charge in [0.15, 0.2) is 0 Å². The van der Waals surface area contributed by atoms with Gasteiger partial charge in [-0.05, 0) is 24.5 Å². The minimum atomic E-state index is 0.867. The van der Waals surface area contributed by atoms with Crippen molar-refractivity contribution in [1.29, 1.82) is 0 Å². The summed E-state index contributed by atoms with van der Waals surface area (Å²) in [7, 11) is 0. The Balaban J connectivity index is 0.000000461. The van der Waals surface area contributed by atoms with Crippen LogP contribution in [0.5, 0.6) is 0 Å². The molecule has 1 aliphatic heterocycles. The van der Waals surface area contributed by atoms with Crippen LogP contribution in [0, 0.1) is 0 Å². The molecule has 0 radical (unpaired) electrons. The first-order valence-corrected chi connectivity index (χ1v) is 6.92. The van der Waals surface area contributed by atoms with Crippen molar-refractivity contribution in [3.63, 3.8) is 0 Å². The third-order valence-electron chi connectivity index (χ3n) is 1.74. The van der Waals surface area contributed by atoms with E-state index in [0.717, 1.165) is 5.88 Å². The molecule has 0 saturated heterocycles. The fraction of sp³-hybridized carbons (Fsp3) is 0.364. The highest BCUT2D eigenvalue weighted by Crippen LogP contribution is 2.28. The maximum Gasteiger partial charge on any atom is 0.0890 e. The van der Waals surface area contributed by atoms with Crippen LogP contribution >= 0.6 is 23.5 Å². The Morgan fingerprint density at radius 3 is 2.86 bits per heavy atom. The molecule has 2 rings (SSSR count). The van der Waals surface area contributed by atoms with Gasteiger partial charge in [0.1, 0.15) is 0 Å². The highest BCUT2D eigenvalue weighted by molar-refractivity contribution is 7.99. The lowest BCUT2D eigenvalue weighted by atomic mass is 10.2. The summed E-state index contributed by atoms with van der Waals surface area (Å²) in [5.74, 6) is 0.867. The quantitative estimate of drug-likeness (QED) is 0.672. The Kier molecular flexibility index (Phi) is 5.12. The maximum absolute atomic E-state index is 4.22. The van der Waals surface area contributed by atoms with Crippen LogP contribution in [-0.4, -0.2) is 18.3 Å². The van der Waals surface area contributed by atoms with Crippen LogP contribution in [0.2, 0.25) is 0 Å². The molecule has 76 valence electrons. The van der Waals surface area contributed by atoms with Crippen molar-refractivity contribution in [2.75, 3.05) is 12.1 Å². The molecule has 1 aromatic rings. The molecule has 0 bridgehead atoms. The number of fused-ring (bicyclic) bond motifs is 1. The highest BCUT2D eigenvalue weighted by atomic mass is 32.2. The maximum atomic E-state index is 4.22. The van der Waals surface area contributed by atoms with Crippen molar-refractivity contribution < 1.29 is 0 Å². The summed E-state index contributed by atoms with van der Waals surface area (Å²) in [6, 6.07) is 6.53. The van der Waals surface area contributed by atoms with E-state index in [1.807, 2.05) is 20.1 Å².